The zero-order valence-corrected chi connectivity index (χ0v) is 15.2. The van der Waals surface area contributed by atoms with Crippen molar-refractivity contribution in [1.82, 2.24) is 10.2 Å². The summed E-state index contributed by atoms with van der Waals surface area (Å²) < 4.78 is 32.2. The summed E-state index contributed by atoms with van der Waals surface area (Å²) in [5.74, 6) is -3.43. The second kappa shape index (κ2) is 7.43. The Bertz CT molecular complexity index is 500. The highest BCUT2D eigenvalue weighted by molar-refractivity contribution is 5.86. The molecule has 2 rings (SSSR count). The lowest BCUT2D eigenvalue weighted by atomic mass is 9.81. The quantitative estimate of drug-likeness (QED) is 0.808. The molecule has 1 aliphatic heterocycles. The number of nitrogens with one attached hydrogen (secondary N) is 1. The molecule has 0 aromatic rings. The Kier molecular flexibility index (Phi) is 5.91. The van der Waals surface area contributed by atoms with Crippen LogP contribution in [0.25, 0.3) is 0 Å². The fourth-order valence-corrected chi connectivity index (χ4v) is 3.41. The Morgan fingerprint density at radius 3 is 2.32 bits per heavy atom. The monoisotopic (exact) mass is 361 g/mol. The molecule has 2 aliphatic rings. The maximum atomic E-state index is 13.5. The minimum atomic E-state index is -2.86. The molecule has 0 spiro atoms. The molecule has 3 N–H and O–H groups in total. The minimum absolute atomic E-state index is 0.00453. The SMILES string of the molecule is CC(C)(C)OC(=O)N[C@H](C(=O)N1CCC(F)(F)C1)C1CCC(N)CC1. The van der Waals surface area contributed by atoms with Crippen LogP contribution in [0, 0.1) is 5.92 Å². The number of hydrogen-bond acceptors (Lipinski definition) is 4. The van der Waals surface area contributed by atoms with Crippen molar-refractivity contribution in [1.29, 1.82) is 0 Å². The Balaban J connectivity index is 2.08. The number of alkyl halides is 2. The zero-order chi connectivity index (χ0) is 18.8. The fraction of sp³-hybridized carbons (Fsp3) is 0.882. The lowest BCUT2D eigenvalue weighted by molar-refractivity contribution is -0.135. The van der Waals surface area contributed by atoms with Crippen LogP contribution in [-0.4, -0.2) is 53.6 Å². The molecule has 0 aromatic heterocycles. The van der Waals surface area contributed by atoms with Crippen LogP contribution in [0.5, 0.6) is 0 Å². The Morgan fingerprint density at radius 1 is 1.24 bits per heavy atom. The van der Waals surface area contributed by atoms with Crippen LogP contribution in [0.4, 0.5) is 13.6 Å². The van der Waals surface area contributed by atoms with Crippen LogP contribution < -0.4 is 11.1 Å². The van der Waals surface area contributed by atoms with Gasteiger partial charge in [-0.15, -0.1) is 0 Å². The molecule has 2 fully saturated rings. The van der Waals surface area contributed by atoms with Gasteiger partial charge in [0.1, 0.15) is 11.6 Å². The molecule has 1 saturated carbocycles. The van der Waals surface area contributed by atoms with Crippen molar-refractivity contribution in [3.8, 4) is 0 Å². The second-order valence-electron chi connectivity index (χ2n) is 8.16. The fourth-order valence-electron chi connectivity index (χ4n) is 3.41. The number of carbonyl (C=O) groups excluding carboxylic acids is 2. The molecule has 25 heavy (non-hydrogen) atoms. The van der Waals surface area contributed by atoms with Gasteiger partial charge in [0.25, 0.3) is 5.92 Å². The summed E-state index contributed by atoms with van der Waals surface area (Å²) >= 11 is 0. The molecule has 1 saturated heterocycles. The lowest BCUT2D eigenvalue weighted by Crippen LogP contribution is -2.54. The molecule has 6 nitrogen and oxygen atoms in total. The van der Waals surface area contributed by atoms with Crippen LogP contribution in [0.3, 0.4) is 0 Å². The average molecular weight is 361 g/mol. The summed E-state index contributed by atoms with van der Waals surface area (Å²) in [6.07, 6.45) is 1.82. The molecule has 0 aromatic carbocycles. The first-order valence-corrected chi connectivity index (χ1v) is 8.88. The molecule has 1 aliphatic carbocycles. The van der Waals surface area contributed by atoms with E-state index in [0.29, 0.717) is 12.8 Å². The van der Waals surface area contributed by atoms with Crippen molar-refractivity contribution in [2.45, 2.75) is 76.5 Å². The molecule has 0 unspecified atom stereocenters. The normalized spacial score (nSPS) is 27.7. The predicted molar refractivity (Wildman–Crippen MR) is 89.2 cm³/mol. The van der Waals surface area contributed by atoms with Crippen LogP contribution in [0.1, 0.15) is 52.9 Å². The second-order valence-corrected chi connectivity index (χ2v) is 8.16. The van der Waals surface area contributed by atoms with Crippen molar-refractivity contribution >= 4 is 12.0 Å². The molecule has 0 radical (unpaired) electrons. The highest BCUT2D eigenvalue weighted by atomic mass is 19.3. The predicted octanol–water partition coefficient (Wildman–Crippen LogP) is 2.26. The number of likely N-dealkylation sites (tertiary alicyclic amines) is 1. The van der Waals surface area contributed by atoms with E-state index in [0.717, 1.165) is 17.7 Å². The molecule has 144 valence electrons. The van der Waals surface area contributed by atoms with Crippen molar-refractivity contribution < 1.29 is 23.1 Å². The van der Waals surface area contributed by atoms with E-state index in [4.69, 9.17) is 10.5 Å². The zero-order valence-electron chi connectivity index (χ0n) is 15.2. The molecule has 1 heterocycles. The molecule has 1 atom stereocenters. The van der Waals surface area contributed by atoms with E-state index in [-0.39, 0.29) is 24.9 Å². The van der Waals surface area contributed by atoms with E-state index in [2.05, 4.69) is 5.32 Å². The molecule has 8 heteroatoms. The summed E-state index contributed by atoms with van der Waals surface area (Å²) in [5, 5.41) is 2.62. The Labute approximate surface area is 147 Å². The standard InChI is InChI=1S/C17H29F2N3O3/c1-16(2,3)25-15(24)21-13(11-4-6-12(20)7-5-11)14(23)22-9-8-17(18,19)10-22/h11-13H,4-10,20H2,1-3H3,(H,21,24)/t11?,12?,13-/m0/s1. The number of halogens is 2. The number of alkyl carbamates (subject to hydrolysis) is 1. The smallest absolute Gasteiger partial charge is 0.408 e. The molecule has 0 bridgehead atoms. The van der Waals surface area contributed by atoms with E-state index in [1.807, 2.05) is 0 Å². The average Bonchev–Trinajstić information content (AvgIpc) is 2.83. The van der Waals surface area contributed by atoms with E-state index < -0.39 is 36.1 Å². The highest BCUT2D eigenvalue weighted by Gasteiger charge is 2.44. The third-order valence-corrected chi connectivity index (χ3v) is 4.71. The van der Waals surface area contributed by atoms with Gasteiger partial charge in [-0.1, -0.05) is 0 Å². The number of rotatable bonds is 3. The number of nitrogens with zero attached hydrogens (tertiary/aromatic N) is 1. The minimum Gasteiger partial charge on any atom is -0.444 e. The Morgan fingerprint density at radius 2 is 1.84 bits per heavy atom. The first-order chi connectivity index (χ1) is 11.5. The topological polar surface area (TPSA) is 84.7 Å². The van der Waals surface area contributed by atoms with E-state index in [1.54, 1.807) is 20.8 Å². The van der Waals surface area contributed by atoms with Crippen LogP contribution >= 0.6 is 0 Å². The van der Waals surface area contributed by atoms with Crippen molar-refractivity contribution in [2.75, 3.05) is 13.1 Å². The van der Waals surface area contributed by atoms with Crippen LogP contribution in [0.15, 0.2) is 0 Å². The van der Waals surface area contributed by atoms with Gasteiger partial charge in [-0.05, 0) is 52.4 Å². The van der Waals surface area contributed by atoms with Gasteiger partial charge in [0.2, 0.25) is 5.91 Å². The van der Waals surface area contributed by atoms with Crippen molar-refractivity contribution in [2.24, 2.45) is 11.7 Å². The van der Waals surface area contributed by atoms with Gasteiger partial charge in [0.15, 0.2) is 0 Å². The van der Waals surface area contributed by atoms with Gasteiger partial charge in [-0.2, -0.15) is 0 Å². The number of nitrogens with two attached hydrogens (primary N) is 1. The molecule has 2 amide bonds. The van der Waals surface area contributed by atoms with Crippen LogP contribution in [-0.2, 0) is 9.53 Å². The maximum Gasteiger partial charge on any atom is 0.408 e. The Hall–Kier alpha value is -1.44. The summed E-state index contributed by atoms with van der Waals surface area (Å²) in [4.78, 5) is 26.1. The summed E-state index contributed by atoms with van der Waals surface area (Å²) in [6.45, 7) is 4.59. The third kappa shape index (κ3) is 5.80. The largest absolute Gasteiger partial charge is 0.444 e. The molecular weight excluding hydrogens is 332 g/mol. The lowest BCUT2D eigenvalue weighted by Gasteiger charge is -2.34. The van der Waals surface area contributed by atoms with E-state index >= 15 is 0 Å². The van der Waals surface area contributed by atoms with Gasteiger partial charge >= 0.3 is 6.09 Å². The highest BCUT2D eigenvalue weighted by Crippen LogP contribution is 2.31. The maximum absolute atomic E-state index is 13.5. The van der Waals surface area contributed by atoms with E-state index in [9.17, 15) is 18.4 Å². The third-order valence-electron chi connectivity index (χ3n) is 4.71. The van der Waals surface area contributed by atoms with Crippen molar-refractivity contribution in [3.05, 3.63) is 0 Å². The van der Waals surface area contributed by atoms with Gasteiger partial charge in [-0.25, -0.2) is 13.6 Å². The number of hydrogen-bond donors (Lipinski definition) is 2. The summed E-state index contributed by atoms with van der Waals surface area (Å²) in [7, 11) is 0. The first-order valence-electron chi connectivity index (χ1n) is 8.88. The van der Waals surface area contributed by atoms with Gasteiger partial charge < -0.3 is 20.7 Å². The molecular formula is C17H29F2N3O3. The summed E-state index contributed by atoms with van der Waals surface area (Å²) in [5.41, 5.74) is 5.21. The first kappa shape index (κ1) is 19.9. The number of carbonyl (C=O) groups is 2. The van der Waals surface area contributed by atoms with Crippen LogP contribution in [0.2, 0.25) is 0 Å². The number of amides is 2. The van der Waals surface area contributed by atoms with E-state index in [1.165, 1.54) is 0 Å². The van der Waals surface area contributed by atoms with Gasteiger partial charge in [0.05, 0.1) is 6.54 Å². The number of ether oxygens (including phenoxy) is 1. The summed E-state index contributed by atoms with van der Waals surface area (Å²) in [6, 6.07) is -0.763. The van der Waals surface area contributed by atoms with Crippen molar-refractivity contribution in [3.63, 3.8) is 0 Å². The van der Waals surface area contributed by atoms with Gasteiger partial charge in [0, 0.05) is 19.0 Å². The van der Waals surface area contributed by atoms with Gasteiger partial charge in [-0.3, -0.25) is 4.79 Å².